The lowest BCUT2D eigenvalue weighted by molar-refractivity contribution is -0.128. The maximum absolute atomic E-state index is 11.9. The Hall–Kier alpha value is -2.00. The number of rotatable bonds is 8. The van der Waals surface area contributed by atoms with E-state index in [9.17, 15) is 4.79 Å². The molecule has 31 heavy (non-hydrogen) atoms. The Kier molecular flexibility index (Phi) is 10.4. The predicted molar refractivity (Wildman–Crippen MR) is 136 cm³/mol. The number of guanidine groups is 1. The van der Waals surface area contributed by atoms with Crippen molar-refractivity contribution in [3.63, 3.8) is 0 Å². The Labute approximate surface area is 206 Å². The molecule has 168 valence electrons. The van der Waals surface area contributed by atoms with Crippen LogP contribution in [-0.2, 0) is 17.9 Å². The van der Waals surface area contributed by atoms with E-state index in [-0.39, 0.29) is 29.9 Å². The van der Waals surface area contributed by atoms with Gasteiger partial charge in [-0.2, -0.15) is 0 Å². The van der Waals surface area contributed by atoms with Crippen LogP contribution in [0.5, 0.6) is 5.75 Å². The molecule has 0 saturated carbocycles. The van der Waals surface area contributed by atoms with E-state index in [1.165, 1.54) is 0 Å². The highest BCUT2D eigenvalue weighted by molar-refractivity contribution is 14.0. The second kappa shape index (κ2) is 12.8. The van der Waals surface area contributed by atoms with Gasteiger partial charge in [0.15, 0.2) is 5.96 Å². The third-order valence-corrected chi connectivity index (χ3v) is 5.32. The molecular formula is C23H30ClIN4O2. The van der Waals surface area contributed by atoms with Crippen LogP contribution in [0.15, 0.2) is 53.5 Å². The van der Waals surface area contributed by atoms with Crippen LogP contribution in [0.2, 0.25) is 5.02 Å². The fourth-order valence-electron chi connectivity index (χ4n) is 3.43. The highest BCUT2D eigenvalue weighted by Crippen LogP contribution is 2.16. The zero-order chi connectivity index (χ0) is 21.3. The molecule has 3 rings (SSSR count). The van der Waals surface area contributed by atoms with Gasteiger partial charge in [-0.1, -0.05) is 35.9 Å². The van der Waals surface area contributed by atoms with Crippen molar-refractivity contribution in [2.75, 3.05) is 33.8 Å². The van der Waals surface area contributed by atoms with Crippen molar-refractivity contribution in [3.8, 4) is 5.75 Å². The van der Waals surface area contributed by atoms with Crippen LogP contribution in [0.25, 0.3) is 0 Å². The van der Waals surface area contributed by atoms with E-state index in [1.807, 2.05) is 47.2 Å². The molecule has 1 saturated heterocycles. The molecule has 1 N–H and O–H groups in total. The molecule has 0 aromatic heterocycles. The van der Waals surface area contributed by atoms with Crippen LogP contribution in [0.3, 0.4) is 0 Å². The van der Waals surface area contributed by atoms with Crippen LogP contribution in [0.4, 0.5) is 0 Å². The van der Waals surface area contributed by atoms with Crippen LogP contribution in [0, 0.1) is 0 Å². The lowest BCUT2D eigenvalue weighted by atomic mass is 10.1. The van der Waals surface area contributed by atoms with Crippen LogP contribution in [-0.4, -0.2) is 55.5 Å². The van der Waals surface area contributed by atoms with Crippen molar-refractivity contribution in [3.05, 3.63) is 64.7 Å². The molecule has 1 aliphatic rings. The number of hydrogen-bond donors (Lipinski definition) is 1. The number of carbonyl (C=O) groups is 1. The number of benzene rings is 2. The van der Waals surface area contributed by atoms with Gasteiger partial charge in [0, 0.05) is 45.2 Å². The summed E-state index contributed by atoms with van der Waals surface area (Å²) in [5.74, 6) is 1.85. The van der Waals surface area contributed by atoms with Crippen LogP contribution < -0.4 is 10.1 Å². The van der Waals surface area contributed by atoms with Gasteiger partial charge < -0.3 is 19.9 Å². The van der Waals surface area contributed by atoms with Crippen molar-refractivity contribution >= 4 is 47.4 Å². The number of nitrogens with zero attached hydrogens (tertiary/aromatic N) is 3. The maximum atomic E-state index is 11.9. The monoisotopic (exact) mass is 556 g/mol. The summed E-state index contributed by atoms with van der Waals surface area (Å²) in [6.45, 7) is 3.44. The lowest BCUT2D eigenvalue weighted by Gasteiger charge is -2.22. The standard InChI is InChI=1S/C23H29ClN4O2.HI/c1-25-23(27(2)13-14-30-21-10-8-20(24)9-11-21)26-16-18-5-3-6-19(15-18)17-28-12-4-7-22(28)29;/h3,5-6,8-11,15H,4,7,12-14,16-17H2,1-2H3,(H,25,26);1H. The van der Waals surface area contributed by atoms with Crippen molar-refractivity contribution < 1.29 is 9.53 Å². The van der Waals surface area contributed by atoms with Gasteiger partial charge in [0.05, 0.1) is 6.54 Å². The van der Waals surface area contributed by atoms with Gasteiger partial charge >= 0.3 is 0 Å². The second-order valence-electron chi connectivity index (χ2n) is 7.36. The summed E-state index contributed by atoms with van der Waals surface area (Å²) in [4.78, 5) is 20.2. The lowest BCUT2D eigenvalue weighted by Crippen LogP contribution is -2.40. The van der Waals surface area contributed by atoms with E-state index in [1.54, 1.807) is 7.05 Å². The number of ether oxygens (including phenoxy) is 1. The van der Waals surface area contributed by atoms with Gasteiger partial charge in [-0.15, -0.1) is 24.0 Å². The molecule has 1 amide bonds. The summed E-state index contributed by atoms with van der Waals surface area (Å²) < 4.78 is 5.76. The average molecular weight is 557 g/mol. The quantitative estimate of drug-likeness (QED) is 0.301. The molecule has 0 atom stereocenters. The van der Waals surface area contributed by atoms with Gasteiger partial charge in [0.2, 0.25) is 5.91 Å². The number of hydrogen-bond acceptors (Lipinski definition) is 3. The molecular weight excluding hydrogens is 527 g/mol. The fourth-order valence-corrected chi connectivity index (χ4v) is 3.56. The van der Waals surface area contributed by atoms with Gasteiger partial charge in [-0.25, -0.2) is 0 Å². The van der Waals surface area contributed by atoms with Gasteiger partial charge in [0.25, 0.3) is 0 Å². The second-order valence-corrected chi connectivity index (χ2v) is 7.80. The first-order chi connectivity index (χ1) is 14.5. The smallest absolute Gasteiger partial charge is 0.222 e. The number of nitrogens with one attached hydrogen (secondary N) is 1. The van der Waals surface area contributed by atoms with Gasteiger partial charge in [-0.3, -0.25) is 9.79 Å². The SMILES string of the molecule is CN=C(NCc1cccc(CN2CCCC2=O)c1)N(C)CCOc1ccc(Cl)cc1.I. The van der Waals surface area contributed by atoms with E-state index in [0.29, 0.717) is 37.7 Å². The first kappa shape index (κ1) is 25.3. The van der Waals surface area contributed by atoms with Crippen molar-refractivity contribution in [2.45, 2.75) is 25.9 Å². The van der Waals surface area contributed by atoms with Crippen LogP contribution >= 0.6 is 35.6 Å². The first-order valence-electron chi connectivity index (χ1n) is 10.2. The molecule has 1 heterocycles. The van der Waals surface area contributed by atoms with Crippen molar-refractivity contribution in [1.82, 2.24) is 15.1 Å². The summed E-state index contributed by atoms with van der Waals surface area (Å²) in [7, 11) is 3.75. The minimum atomic E-state index is 0. The fraction of sp³-hybridized carbons (Fsp3) is 0.391. The Morgan fingerprint density at radius 2 is 1.97 bits per heavy atom. The molecule has 1 aliphatic heterocycles. The zero-order valence-electron chi connectivity index (χ0n) is 18.0. The molecule has 0 radical (unpaired) electrons. The Morgan fingerprint density at radius 1 is 1.23 bits per heavy atom. The van der Waals surface area contributed by atoms with Crippen LogP contribution in [0.1, 0.15) is 24.0 Å². The van der Waals surface area contributed by atoms with E-state index in [4.69, 9.17) is 16.3 Å². The Bertz CT molecular complexity index is 876. The van der Waals surface area contributed by atoms with Crippen molar-refractivity contribution in [1.29, 1.82) is 0 Å². The largest absolute Gasteiger partial charge is 0.492 e. The molecule has 0 spiro atoms. The van der Waals surface area contributed by atoms with Gasteiger partial charge in [-0.05, 0) is 41.8 Å². The number of amides is 1. The number of likely N-dealkylation sites (tertiary alicyclic amines) is 1. The average Bonchev–Trinajstić information content (AvgIpc) is 3.14. The summed E-state index contributed by atoms with van der Waals surface area (Å²) >= 11 is 5.90. The zero-order valence-corrected chi connectivity index (χ0v) is 21.1. The predicted octanol–water partition coefficient (Wildman–Crippen LogP) is 4.17. The highest BCUT2D eigenvalue weighted by atomic mass is 127. The summed E-state index contributed by atoms with van der Waals surface area (Å²) in [6, 6.07) is 15.7. The van der Waals surface area contributed by atoms with E-state index < -0.39 is 0 Å². The normalized spacial score (nSPS) is 13.7. The minimum Gasteiger partial charge on any atom is -0.492 e. The molecule has 6 nitrogen and oxygen atoms in total. The minimum absolute atomic E-state index is 0. The molecule has 2 aromatic carbocycles. The first-order valence-corrected chi connectivity index (χ1v) is 10.6. The molecule has 2 aromatic rings. The Morgan fingerprint density at radius 3 is 2.65 bits per heavy atom. The van der Waals surface area contributed by atoms with E-state index >= 15 is 0 Å². The topological polar surface area (TPSA) is 57.2 Å². The molecule has 0 unspecified atom stereocenters. The summed E-state index contributed by atoms with van der Waals surface area (Å²) in [6.07, 6.45) is 1.64. The van der Waals surface area contributed by atoms with Gasteiger partial charge in [0.1, 0.15) is 12.4 Å². The maximum Gasteiger partial charge on any atom is 0.222 e. The number of likely N-dealkylation sites (N-methyl/N-ethyl adjacent to an activating group) is 1. The van der Waals surface area contributed by atoms with E-state index in [2.05, 4.69) is 28.5 Å². The highest BCUT2D eigenvalue weighted by Gasteiger charge is 2.19. The summed E-state index contributed by atoms with van der Waals surface area (Å²) in [5, 5.41) is 4.09. The molecule has 0 bridgehead atoms. The molecule has 8 heteroatoms. The molecule has 0 aliphatic carbocycles. The number of aliphatic imine (C=N–C) groups is 1. The van der Waals surface area contributed by atoms with Crippen molar-refractivity contribution in [2.24, 2.45) is 4.99 Å². The van der Waals surface area contributed by atoms with E-state index in [0.717, 1.165) is 35.8 Å². The third kappa shape index (κ3) is 7.88. The Balaban J connectivity index is 0.00000341. The number of halogens is 2. The summed E-state index contributed by atoms with van der Waals surface area (Å²) in [5.41, 5.74) is 2.32. The molecule has 1 fully saturated rings. The third-order valence-electron chi connectivity index (χ3n) is 5.07. The number of carbonyl (C=O) groups excluding carboxylic acids is 1.